The van der Waals surface area contributed by atoms with E-state index in [1.54, 1.807) is 41.3 Å². The molecule has 1 aliphatic rings. The monoisotopic (exact) mass is 574 g/mol. The highest BCUT2D eigenvalue weighted by Gasteiger charge is 2.31. The second kappa shape index (κ2) is 12.0. The van der Waals surface area contributed by atoms with Crippen molar-refractivity contribution in [2.75, 3.05) is 43.0 Å². The van der Waals surface area contributed by atoms with Crippen molar-refractivity contribution in [2.45, 2.75) is 13.1 Å². The van der Waals surface area contributed by atoms with Crippen molar-refractivity contribution in [3.05, 3.63) is 81.6 Å². The van der Waals surface area contributed by atoms with E-state index in [4.69, 9.17) is 23.2 Å². The molecule has 0 atom stereocenters. The van der Waals surface area contributed by atoms with E-state index in [0.29, 0.717) is 39.6 Å². The zero-order valence-electron chi connectivity index (χ0n) is 21.2. The summed E-state index contributed by atoms with van der Waals surface area (Å²) in [7, 11) is 1.50. The fraction of sp³-hybridized carbons (Fsp3) is 0.250. The largest absolute Gasteiger partial charge is 0.364 e. The van der Waals surface area contributed by atoms with Crippen molar-refractivity contribution in [3.8, 4) is 11.1 Å². The van der Waals surface area contributed by atoms with Crippen LogP contribution in [0.2, 0.25) is 10.0 Å². The lowest BCUT2D eigenvalue weighted by atomic mass is 9.99. The highest BCUT2D eigenvalue weighted by Crippen LogP contribution is 2.39. The van der Waals surface area contributed by atoms with Gasteiger partial charge in [-0.15, -0.1) is 0 Å². The molecule has 0 unspecified atom stereocenters. The van der Waals surface area contributed by atoms with E-state index >= 15 is 0 Å². The lowest BCUT2D eigenvalue weighted by molar-refractivity contribution is -0.118. The predicted molar refractivity (Wildman–Crippen MR) is 149 cm³/mol. The van der Waals surface area contributed by atoms with Crippen LogP contribution in [0.5, 0.6) is 0 Å². The van der Waals surface area contributed by atoms with Crippen molar-refractivity contribution in [1.82, 2.24) is 10.6 Å². The maximum Gasteiger partial charge on any atom is 0.262 e. The van der Waals surface area contributed by atoms with E-state index in [1.807, 2.05) is 0 Å². The third-order valence-electron chi connectivity index (χ3n) is 6.32. The molecule has 3 aromatic rings. The molecule has 4 rings (SSSR count). The van der Waals surface area contributed by atoms with Gasteiger partial charge in [0.15, 0.2) is 0 Å². The quantitative estimate of drug-likeness (QED) is 0.367. The average molecular weight is 575 g/mol. The molecule has 7 nitrogen and oxygen atoms in total. The number of amides is 3. The van der Waals surface area contributed by atoms with Gasteiger partial charge in [0.1, 0.15) is 12.0 Å². The minimum atomic E-state index is -1.02. The van der Waals surface area contributed by atoms with E-state index in [1.165, 1.54) is 31.0 Å². The van der Waals surface area contributed by atoms with Gasteiger partial charge in [-0.25, -0.2) is 8.78 Å². The van der Waals surface area contributed by atoms with Gasteiger partial charge in [-0.2, -0.15) is 0 Å². The Labute approximate surface area is 234 Å². The summed E-state index contributed by atoms with van der Waals surface area (Å²) in [4.78, 5) is 39.9. The van der Waals surface area contributed by atoms with Gasteiger partial charge in [-0.1, -0.05) is 35.3 Å². The minimum Gasteiger partial charge on any atom is -0.364 e. The van der Waals surface area contributed by atoms with Crippen LogP contribution >= 0.6 is 23.2 Å². The molecule has 3 amide bonds. The van der Waals surface area contributed by atoms with E-state index in [9.17, 15) is 23.2 Å². The molecule has 0 radical (unpaired) electrons. The first-order valence-electron chi connectivity index (χ1n) is 12.1. The number of carbonyl (C=O) groups excluding carboxylic acids is 3. The number of benzene rings is 3. The van der Waals surface area contributed by atoms with Gasteiger partial charge in [0, 0.05) is 43.2 Å². The maximum absolute atomic E-state index is 14.5. The molecular weight excluding hydrogens is 549 g/mol. The molecule has 2 N–H and O–H groups in total. The molecule has 0 saturated carbocycles. The van der Waals surface area contributed by atoms with Crippen LogP contribution in [0.4, 0.5) is 20.2 Å². The molecule has 11 heteroatoms. The fourth-order valence-electron chi connectivity index (χ4n) is 4.23. The Kier molecular flexibility index (Phi) is 8.72. The molecule has 3 aromatic carbocycles. The van der Waals surface area contributed by atoms with Crippen molar-refractivity contribution in [3.63, 3.8) is 0 Å². The third-order valence-corrected chi connectivity index (χ3v) is 6.96. The van der Waals surface area contributed by atoms with Crippen LogP contribution in [-0.2, 0) is 4.79 Å². The first-order chi connectivity index (χ1) is 18.6. The molecule has 1 aliphatic heterocycles. The SMILES string of the molecule is CC(=O)NCCNC(=O)c1ccc(Cl)c(-c2ccc(N(C)C(=O)c3c(F)cccc3Cl)c(N3CC(F)C3)c2)c1. The van der Waals surface area contributed by atoms with E-state index in [-0.39, 0.29) is 42.0 Å². The van der Waals surface area contributed by atoms with Gasteiger partial charge < -0.3 is 20.4 Å². The summed E-state index contributed by atoms with van der Waals surface area (Å²) in [6, 6.07) is 14.0. The van der Waals surface area contributed by atoms with Gasteiger partial charge in [-0.3, -0.25) is 14.4 Å². The van der Waals surface area contributed by atoms with Crippen molar-refractivity contribution in [2.24, 2.45) is 0 Å². The molecule has 1 heterocycles. The molecule has 1 fully saturated rings. The normalized spacial score (nSPS) is 13.0. The van der Waals surface area contributed by atoms with Crippen LogP contribution in [0.3, 0.4) is 0 Å². The molecule has 204 valence electrons. The predicted octanol–water partition coefficient (Wildman–Crippen LogP) is 5.10. The number of hydrogen-bond donors (Lipinski definition) is 2. The molecule has 0 bridgehead atoms. The number of nitrogens with one attached hydrogen (secondary N) is 2. The Morgan fingerprint density at radius 2 is 1.72 bits per heavy atom. The molecule has 39 heavy (non-hydrogen) atoms. The number of halogens is 4. The van der Waals surface area contributed by atoms with Crippen molar-refractivity contribution >= 4 is 52.3 Å². The number of nitrogens with zero attached hydrogens (tertiary/aromatic N) is 2. The maximum atomic E-state index is 14.5. The topological polar surface area (TPSA) is 81.8 Å². The standard InChI is InChI=1S/C28H26Cl2F2N4O3/c1-16(37)33-10-11-34-27(38)18-6-8-21(29)20(12-18)17-7-9-24(25(13-17)36-14-19(31)15-36)35(2)28(39)26-22(30)4-3-5-23(26)32/h3-9,12-13,19H,10-11,14-15H2,1-2H3,(H,33,37)(H,34,38). The Hall–Kier alpha value is -3.69. The van der Waals surface area contributed by atoms with E-state index in [0.717, 1.165) is 6.07 Å². The first kappa shape index (κ1) is 28.3. The van der Waals surface area contributed by atoms with Crippen LogP contribution in [-0.4, -0.2) is 57.1 Å². The van der Waals surface area contributed by atoms with Gasteiger partial charge in [-0.05, 0) is 48.0 Å². The van der Waals surface area contributed by atoms with E-state index < -0.39 is 17.9 Å². The average Bonchev–Trinajstić information content (AvgIpc) is 2.88. The summed E-state index contributed by atoms with van der Waals surface area (Å²) < 4.78 is 28.3. The second-order valence-electron chi connectivity index (χ2n) is 9.10. The Bertz CT molecular complexity index is 1410. The third kappa shape index (κ3) is 6.32. The fourth-order valence-corrected chi connectivity index (χ4v) is 4.70. The van der Waals surface area contributed by atoms with Gasteiger partial charge in [0.05, 0.1) is 35.1 Å². The number of hydrogen-bond acceptors (Lipinski definition) is 4. The van der Waals surface area contributed by atoms with Crippen molar-refractivity contribution in [1.29, 1.82) is 0 Å². The summed E-state index contributed by atoms with van der Waals surface area (Å²) in [5.41, 5.74) is 2.27. The highest BCUT2D eigenvalue weighted by atomic mass is 35.5. The Balaban J connectivity index is 1.66. The summed E-state index contributed by atoms with van der Waals surface area (Å²) in [6.07, 6.45) is -1.02. The van der Waals surface area contributed by atoms with Crippen LogP contribution in [0.25, 0.3) is 11.1 Å². The second-order valence-corrected chi connectivity index (χ2v) is 9.91. The summed E-state index contributed by atoms with van der Waals surface area (Å²) in [6.45, 7) is 2.19. The lowest BCUT2D eigenvalue weighted by Crippen LogP contribution is -2.49. The van der Waals surface area contributed by atoms with Crippen LogP contribution in [0, 0.1) is 5.82 Å². The Morgan fingerprint density at radius 1 is 1.00 bits per heavy atom. The molecule has 1 saturated heterocycles. The molecule has 0 aliphatic carbocycles. The van der Waals surface area contributed by atoms with Crippen molar-refractivity contribution < 1.29 is 23.2 Å². The molecular formula is C28H26Cl2F2N4O3. The van der Waals surface area contributed by atoms with Crippen LogP contribution < -0.4 is 20.4 Å². The smallest absolute Gasteiger partial charge is 0.262 e. The number of carbonyl (C=O) groups is 3. The number of rotatable bonds is 8. The number of alkyl halides is 1. The lowest BCUT2D eigenvalue weighted by Gasteiger charge is -2.39. The van der Waals surface area contributed by atoms with Gasteiger partial charge >= 0.3 is 0 Å². The zero-order chi connectivity index (χ0) is 28.3. The highest BCUT2D eigenvalue weighted by molar-refractivity contribution is 6.35. The van der Waals surface area contributed by atoms with Crippen LogP contribution in [0.1, 0.15) is 27.6 Å². The molecule has 0 aromatic heterocycles. The summed E-state index contributed by atoms with van der Waals surface area (Å²) in [5.74, 6) is -1.93. The number of anilines is 2. The summed E-state index contributed by atoms with van der Waals surface area (Å²) in [5, 5.41) is 5.71. The minimum absolute atomic E-state index is 0.0169. The summed E-state index contributed by atoms with van der Waals surface area (Å²) >= 11 is 12.6. The zero-order valence-corrected chi connectivity index (χ0v) is 22.7. The first-order valence-corrected chi connectivity index (χ1v) is 12.9. The molecule has 0 spiro atoms. The van der Waals surface area contributed by atoms with Crippen LogP contribution in [0.15, 0.2) is 54.6 Å². The van der Waals surface area contributed by atoms with Gasteiger partial charge in [0.2, 0.25) is 5.91 Å². The van der Waals surface area contributed by atoms with E-state index in [2.05, 4.69) is 10.6 Å². The van der Waals surface area contributed by atoms with Gasteiger partial charge in [0.25, 0.3) is 11.8 Å². The Morgan fingerprint density at radius 3 is 2.38 bits per heavy atom.